The van der Waals surface area contributed by atoms with Crippen LogP contribution in [0.2, 0.25) is 0 Å². The number of rotatable bonds is 3. The Bertz CT molecular complexity index is 130. The second-order valence-electron chi connectivity index (χ2n) is 2.88. The maximum Gasteiger partial charge on any atom is 0.223 e. The van der Waals surface area contributed by atoms with Gasteiger partial charge in [0.25, 0.3) is 0 Å². The molecule has 3 nitrogen and oxygen atoms in total. The second-order valence-corrected chi connectivity index (χ2v) is 2.88. The third kappa shape index (κ3) is 2.35. The van der Waals surface area contributed by atoms with Crippen molar-refractivity contribution in [2.24, 2.45) is 0 Å². The Labute approximate surface area is 61.6 Å². The molecular weight excluding hydrogens is 128 g/mol. The van der Waals surface area contributed by atoms with E-state index in [1.807, 2.05) is 0 Å². The van der Waals surface area contributed by atoms with Gasteiger partial charge in [-0.2, -0.15) is 0 Å². The van der Waals surface area contributed by atoms with Crippen molar-refractivity contribution in [1.29, 1.82) is 0 Å². The highest BCUT2D eigenvalue weighted by atomic mass is 16.2. The molecule has 0 spiro atoms. The summed E-state index contributed by atoms with van der Waals surface area (Å²) in [5.41, 5.74) is 0. The average Bonchev–Trinajstić information content (AvgIpc) is 2.64. The van der Waals surface area contributed by atoms with Gasteiger partial charge < -0.3 is 9.80 Å². The molecule has 1 saturated heterocycles. The first-order chi connectivity index (χ1) is 4.70. The van der Waals surface area contributed by atoms with Crippen LogP contribution in [0.1, 0.15) is 6.42 Å². The Balaban J connectivity index is 2.05. The van der Waals surface area contributed by atoms with Gasteiger partial charge in [-0.05, 0) is 0 Å². The first-order valence-electron chi connectivity index (χ1n) is 3.62. The zero-order valence-corrected chi connectivity index (χ0v) is 6.63. The van der Waals surface area contributed by atoms with Gasteiger partial charge in [0.05, 0.1) is 0 Å². The molecule has 0 radical (unpaired) electrons. The molecule has 0 aromatic rings. The molecule has 58 valence electrons. The molecule has 0 aromatic heterocycles. The van der Waals surface area contributed by atoms with Crippen LogP contribution in [0.4, 0.5) is 0 Å². The largest absolute Gasteiger partial charge is 0.349 e. The predicted octanol–water partition coefficient (Wildman–Crippen LogP) is -0.220. The Morgan fingerprint density at radius 1 is 1.50 bits per heavy atom. The van der Waals surface area contributed by atoms with Crippen molar-refractivity contribution in [3.8, 4) is 0 Å². The maximum absolute atomic E-state index is 11.0. The zero-order chi connectivity index (χ0) is 7.56. The number of carbonyl (C=O) groups excluding carboxylic acids is 1. The third-order valence-corrected chi connectivity index (χ3v) is 1.68. The molecule has 0 aromatic carbocycles. The lowest BCUT2D eigenvalue weighted by atomic mass is 10.4. The smallest absolute Gasteiger partial charge is 0.223 e. The summed E-state index contributed by atoms with van der Waals surface area (Å²) in [7, 11) is 3.59. The van der Waals surface area contributed by atoms with Gasteiger partial charge in [0.15, 0.2) is 0 Å². The molecule has 1 rings (SSSR count). The fourth-order valence-electron chi connectivity index (χ4n) is 0.772. The van der Waals surface area contributed by atoms with Crippen molar-refractivity contribution in [2.75, 3.05) is 33.7 Å². The van der Waals surface area contributed by atoms with Gasteiger partial charge in [-0.25, -0.2) is 0 Å². The van der Waals surface area contributed by atoms with Crippen molar-refractivity contribution in [3.63, 3.8) is 0 Å². The molecule has 3 heteroatoms. The van der Waals surface area contributed by atoms with Gasteiger partial charge in [0.1, 0.15) is 0 Å². The van der Waals surface area contributed by atoms with Crippen LogP contribution in [0.25, 0.3) is 0 Å². The molecule has 10 heavy (non-hydrogen) atoms. The van der Waals surface area contributed by atoms with Crippen LogP contribution >= 0.6 is 0 Å². The number of nitrogens with zero attached hydrogens (tertiary/aromatic N) is 2. The molecule has 1 fully saturated rings. The van der Waals surface area contributed by atoms with Crippen LogP contribution in [0.5, 0.6) is 0 Å². The van der Waals surface area contributed by atoms with Crippen LogP contribution < -0.4 is 0 Å². The molecular formula is C7H14N2O. The van der Waals surface area contributed by atoms with Crippen molar-refractivity contribution < 1.29 is 4.79 Å². The van der Waals surface area contributed by atoms with Crippen molar-refractivity contribution in [3.05, 3.63) is 0 Å². The van der Waals surface area contributed by atoms with Crippen LogP contribution in [-0.2, 0) is 4.79 Å². The van der Waals surface area contributed by atoms with Gasteiger partial charge in [-0.3, -0.25) is 4.79 Å². The van der Waals surface area contributed by atoms with Crippen molar-refractivity contribution >= 4 is 5.91 Å². The first kappa shape index (κ1) is 7.54. The monoisotopic (exact) mass is 142 g/mol. The molecule has 1 amide bonds. The maximum atomic E-state index is 11.0. The SMILES string of the molecule is CN(C)C(=O)CCN1CC1. The highest BCUT2D eigenvalue weighted by Crippen LogP contribution is 2.03. The molecule has 0 aliphatic carbocycles. The third-order valence-electron chi connectivity index (χ3n) is 1.68. The van der Waals surface area contributed by atoms with Gasteiger partial charge in [-0.1, -0.05) is 0 Å². The topological polar surface area (TPSA) is 23.3 Å². The fourth-order valence-corrected chi connectivity index (χ4v) is 0.772. The summed E-state index contributed by atoms with van der Waals surface area (Å²) in [5, 5.41) is 0. The summed E-state index contributed by atoms with van der Waals surface area (Å²) in [6.45, 7) is 3.30. The lowest BCUT2D eigenvalue weighted by molar-refractivity contribution is -0.128. The Kier molecular flexibility index (Phi) is 2.27. The highest BCUT2D eigenvalue weighted by Gasteiger charge is 2.17. The van der Waals surface area contributed by atoms with Crippen LogP contribution in [0, 0.1) is 0 Å². The van der Waals surface area contributed by atoms with E-state index >= 15 is 0 Å². The molecule has 1 aliphatic heterocycles. The summed E-state index contributed by atoms with van der Waals surface area (Å²) >= 11 is 0. The van der Waals surface area contributed by atoms with Gasteiger partial charge in [-0.15, -0.1) is 0 Å². The van der Waals surface area contributed by atoms with E-state index in [2.05, 4.69) is 4.90 Å². The van der Waals surface area contributed by atoms with E-state index in [-0.39, 0.29) is 5.91 Å². The molecule has 0 N–H and O–H groups in total. The van der Waals surface area contributed by atoms with Gasteiger partial charge >= 0.3 is 0 Å². The lowest BCUT2D eigenvalue weighted by Crippen LogP contribution is -2.23. The highest BCUT2D eigenvalue weighted by molar-refractivity contribution is 5.75. The van der Waals surface area contributed by atoms with E-state index in [0.717, 1.165) is 6.54 Å². The molecule has 0 saturated carbocycles. The number of carbonyl (C=O) groups is 1. The molecule has 0 unspecified atom stereocenters. The van der Waals surface area contributed by atoms with E-state index in [4.69, 9.17) is 0 Å². The zero-order valence-electron chi connectivity index (χ0n) is 6.63. The molecule has 0 atom stereocenters. The summed E-state index contributed by atoms with van der Waals surface area (Å²) < 4.78 is 0. The van der Waals surface area contributed by atoms with Crippen LogP contribution in [-0.4, -0.2) is 49.4 Å². The molecule has 0 bridgehead atoms. The van der Waals surface area contributed by atoms with E-state index in [1.54, 1.807) is 19.0 Å². The second kappa shape index (κ2) is 3.01. The number of amides is 1. The first-order valence-corrected chi connectivity index (χ1v) is 3.62. The summed E-state index contributed by atoms with van der Waals surface area (Å²) in [4.78, 5) is 14.9. The van der Waals surface area contributed by atoms with Crippen molar-refractivity contribution in [1.82, 2.24) is 9.80 Å². The summed E-state index contributed by atoms with van der Waals surface area (Å²) in [6.07, 6.45) is 0.674. The van der Waals surface area contributed by atoms with Gasteiger partial charge in [0, 0.05) is 40.2 Å². The van der Waals surface area contributed by atoms with Crippen LogP contribution in [0.3, 0.4) is 0 Å². The Morgan fingerprint density at radius 3 is 2.50 bits per heavy atom. The van der Waals surface area contributed by atoms with Crippen molar-refractivity contribution in [2.45, 2.75) is 6.42 Å². The average molecular weight is 142 g/mol. The quantitative estimate of drug-likeness (QED) is 0.509. The minimum Gasteiger partial charge on any atom is -0.349 e. The van der Waals surface area contributed by atoms with E-state index in [9.17, 15) is 4.79 Å². The molecule has 1 heterocycles. The van der Waals surface area contributed by atoms with E-state index in [1.165, 1.54) is 13.1 Å². The standard InChI is InChI=1S/C7H14N2O/c1-8(2)7(10)3-4-9-5-6-9/h3-6H2,1-2H3. The lowest BCUT2D eigenvalue weighted by Gasteiger charge is -2.09. The minimum atomic E-state index is 0.229. The summed E-state index contributed by atoms with van der Waals surface area (Å²) in [5.74, 6) is 0.229. The van der Waals surface area contributed by atoms with E-state index < -0.39 is 0 Å². The summed E-state index contributed by atoms with van der Waals surface area (Å²) in [6, 6.07) is 0. The fraction of sp³-hybridized carbons (Fsp3) is 0.857. The Morgan fingerprint density at radius 2 is 2.10 bits per heavy atom. The normalized spacial score (nSPS) is 17.0. The minimum absolute atomic E-state index is 0.229. The predicted molar refractivity (Wildman–Crippen MR) is 39.8 cm³/mol. The number of hydrogen-bond acceptors (Lipinski definition) is 2. The molecule has 1 aliphatic rings. The Hall–Kier alpha value is -0.570. The van der Waals surface area contributed by atoms with Gasteiger partial charge in [0.2, 0.25) is 5.91 Å². The van der Waals surface area contributed by atoms with E-state index in [0.29, 0.717) is 6.42 Å². The van der Waals surface area contributed by atoms with Crippen LogP contribution in [0.15, 0.2) is 0 Å². The number of hydrogen-bond donors (Lipinski definition) is 0.